The first-order valence-corrected chi connectivity index (χ1v) is 11.3. The standard InChI is InChI=1S/C26H26N6O2/c1-2-23(33)32-16-6-7-19(17-32)28-25-22-14-15-27-24(22)30-26(31-25)29-18-10-12-21(13-11-18)34-20-8-4-3-5-9-20/h2-5,8-15,19H,1,6-7,16-17H2,(H3,27,28,29,30,31). The molecule has 1 amide bonds. The molecule has 1 atom stereocenters. The monoisotopic (exact) mass is 454 g/mol. The highest BCUT2D eigenvalue weighted by molar-refractivity contribution is 5.89. The van der Waals surface area contributed by atoms with E-state index in [-0.39, 0.29) is 11.9 Å². The molecule has 34 heavy (non-hydrogen) atoms. The third-order valence-corrected chi connectivity index (χ3v) is 5.75. The lowest BCUT2D eigenvalue weighted by molar-refractivity contribution is -0.127. The van der Waals surface area contributed by atoms with E-state index in [9.17, 15) is 4.79 Å². The van der Waals surface area contributed by atoms with Crippen LogP contribution in [0.4, 0.5) is 17.5 Å². The first-order chi connectivity index (χ1) is 16.7. The average molecular weight is 455 g/mol. The van der Waals surface area contributed by atoms with E-state index in [0.717, 1.165) is 53.4 Å². The lowest BCUT2D eigenvalue weighted by Gasteiger charge is -2.33. The summed E-state index contributed by atoms with van der Waals surface area (Å²) >= 11 is 0. The number of aromatic nitrogens is 3. The Morgan fingerprint density at radius 1 is 1.09 bits per heavy atom. The van der Waals surface area contributed by atoms with Gasteiger partial charge in [-0.25, -0.2) is 0 Å². The van der Waals surface area contributed by atoms with Crippen LogP contribution in [0.5, 0.6) is 11.5 Å². The molecule has 1 saturated heterocycles. The zero-order chi connectivity index (χ0) is 23.3. The van der Waals surface area contributed by atoms with Gasteiger partial charge in [0.05, 0.1) is 5.39 Å². The van der Waals surface area contributed by atoms with Gasteiger partial charge in [-0.05, 0) is 61.4 Å². The molecule has 4 aromatic rings. The Bertz CT molecular complexity index is 1290. The number of anilines is 3. The van der Waals surface area contributed by atoms with Crippen molar-refractivity contribution in [3.8, 4) is 11.5 Å². The fourth-order valence-electron chi connectivity index (χ4n) is 4.08. The number of piperidine rings is 1. The Morgan fingerprint density at radius 3 is 2.68 bits per heavy atom. The summed E-state index contributed by atoms with van der Waals surface area (Å²) in [5.41, 5.74) is 1.58. The smallest absolute Gasteiger partial charge is 0.246 e. The number of rotatable bonds is 7. The molecule has 1 unspecified atom stereocenters. The molecule has 0 bridgehead atoms. The number of hydrogen-bond acceptors (Lipinski definition) is 6. The number of fused-ring (bicyclic) bond motifs is 1. The van der Waals surface area contributed by atoms with Crippen molar-refractivity contribution in [2.75, 3.05) is 23.7 Å². The number of carbonyl (C=O) groups excluding carboxylic acids is 1. The van der Waals surface area contributed by atoms with Gasteiger partial charge in [-0.1, -0.05) is 24.8 Å². The molecule has 3 N–H and O–H groups in total. The summed E-state index contributed by atoms with van der Waals surface area (Å²) in [5.74, 6) is 2.70. The second-order valence-electron chi connectivity index (χ2n) is 8.17. The highest BCUT2D eigenvalue weighted by Gasteiger charge is 2.23. The van der Waals surface area contributed by atoms with Crippen LogP contribution in [-0.4, -0.2) is 44.9 Å². The Labute approximate surface area is 197 Å². The topological polar surface area (TPSA) is 95.2 Å². The van der Waals surface area contributed by atoms with Crippen molar-refractivity contribution in [1.82, 2.24) is 19.9 Å². The fourth-order valence-corrected chi connectivity index (χ4v) is 4.08. The number of aromatic amines is 1. The van der Waals surface area contributed by atoms with Gasteiger partial charge in [0.25, 0.3) is 0 Å². The van der Waals surface area contributed by atoms with Gasteiger partial charge in [0.2, 0.25) is 11.9 Å². The predicted octanol–water partition coefficient (Wildman–Crippen LogP) is 5.08. The number of carbonyl (C=O) groups is 1. The van der Waals surface area contributed by atoms with E-state index in [2.05, 4.69) is 27.2 Å². The minimum absolute atomic E-state index is 0.0389. The summed E-state index contributed by atoms with van der Waals surface area (Å²) < 4.78 is 5.86. The van der Waals surface area contributed by atoms with Gasteiger partial charge in [0.1, 0.15) is 23.0 Å². The molecule has 2 aromatic heterocycles. The number of nitrogens with zero attached hydrogens (tertiary/aromatic N) is 3. The molecule has 1 fully saturated rings. The van der Waals surface area contributed by atoms with E-state index < -0.39 is 0 Å². The second-order valence-corrected chi connectivity index (χ2v) is 8.17. The molecule has 5 rings (SSSR count). The molecular weight excluding hydrogens is 428 g/mol. The molecule has 1 aliphatic heterocycles. The zero-order valence-corrected chi connectivity index (χ0v) is 18.7. The number of benzene rings is 2. The van der Waals surface area contributed by atoms with Crippen LogP contribution in [0.25, 0.3) is 11.0 Å². The summed E-state index contributed by atoms with van der Waals surface area (Å²) in [5, 5.41) is 7.70. The van der Waals surface area contributed by atoms with Gasteiger partial charge in [0, 0.05) is 31.0 Å². The van der Waals surface area contributed by atoms with Gasteiger partial charge in [-0.15, -0.1) is 0 Å². The van der Waals surface area contributed by atoms with Crippen molar-refractivity contribution >= 4 is 34.4 Å². The number of ether oxygens (including phenoxy) is 1. The molecule has 172 valence electrons. The van der Waals surface area contributed by atoms with E-state index in [1.165, 1.54) is 6.08 Å². The minimum Gasteiger partial charge on any atom is -0.457 e. The van der Waals surface area contributed by atoms with Crippen molar-refractivity contribution in [2.24, 2.45) is 0 Å². The lowest BCUT2D eigenvalue weighted by Crippen LogP contribution is -2.44. The molecule has 3 heterocycles. The molecule has 0 saturated carbocycles. The molecule has 8 nitrogen and oxygen atoms in total. The van der Waals surface area contributed by atoms with Gasteiger partial charge < -0.3 is 25.3 Å². The maximum atomic E-state index is 12.1. The second kappa shape index (κ2) is 9.66. The third kappa shape index (κ3) is 4.85. The number of likely N-dealkylation sites (tertiary alicyclic amines) is 1. The van der Waals surface area contributed by atoms with Crippen molar-refractivity contribution in [1.29, 1.82) is 0 Å². The molecule has 1 aliphatic rings. The first kappa shape index (κ1) is 21.5. The van der Waals surface area contributed by atoms with Crippen LogP contribution in [-0.2, 0) is 4.79 Å². The highest BCUT2D eigenvalue weighted by Crippen LogP contribution is 2.27. The number of para-hydroxylation sites is 1. The van der Waals surface area contributed by atoms with Crippen LogP contribution >= 0.6 is 0 Å². The summed E-state index contributed by atoms with van der Waals surface area (Å²) in [6, 6.07) is 19.4. The van der Waals surface area contributed by atoms with Crippen LogP contribution in [0.3, 0.4) is 0 Å². The largest absolute Gasteiger partial charge is 0.457 e. The molecule has 2 aromatic carbocycles. The highest BCUT2D eigenvalue weighted by atomic mass is 16.5. The maximum absolute atomic E-state index is 12.1. The van der Waals surface area contributed by atoms with E-state index in [1.807, 2.05) is 71.8 Å². The maximum Gasteiger partial charge on any atom is 0.246 e. The molecule has 0 spiro atoms. The van der Waals surface area contributed by atoms with Crippen LogP contribution in [0.1, 0.15) is 12.8 Å². The molecular formula is C26H26N6O2. The average Bonchev–Trinajstić information content (AvgIpc) is 3.35. The van der Waals surface area contributed by atoms with Gasteiger partial charge in [-0.2, -0.15) is 9.97 Å². The Hall–Kier alpha value is -4.33. The van der Waals surface area contributed by atoms with Gasteiger partial charge >= 0.3 is 0 Å². The molecule has 8 heteroatoms. The fraction of sp³-hybridized carbons (Fsp3) is 0.192. The lowest BCUT2D eigenvalue weighted by atomic mass is 10.1. The third-order valence-electron chi connectivity index (χ3n) is 5.75. The van der Waals surface area contributed by atoms with E-state index >= 15 is 0 Å². The van der Waals surface area contributed by atoms with E-state index in [0.29, 0.717) is 12.5 Å². The van der Waals surface area contributed by atoms with E-state index in [4.69, 9.17) is 9.72 Å². The summed E-state index contributed by atoms with van der Waals surface area (Å²) in [6.45, 7) is 4.97. The molecule has 0 radical (unpaired) electrons. The van der Waals surface area contributed by atoms with Gasteiger partial charge in [0.15, 0.2) is 0 Å². The Kier molecular flexibility index (Phi) is 6.11. The summed E-state index contributed by atoms with van der Waals surface area (Å²) in [6.07, 6.45) is 5.11. The number of H-pyrrole nitrogens is 1. The van der Waals surface area contributed by atoms with Crippen molar-refractivity contribution in [3.63, 3.8) is 0 Å². The normalized spacial score (nSPS) is 15.6. The van der Waals surface area contributed by atoms with Crippen LogP contribution in [0.15, 0.2) is 79.5 Å². The zero-order valence-electron chi connectivity index (χ0n) is 18.7. The molecule has 0 aliphatic carbocycles. The van der Waals surface area contributed by atoms with Crippen LogP contribution in [0, 0.1) is 0 Å². The van der Waals surface area contributed by atoms with Crippen molar-refractivity contribution in [3.05, 3.63) is 79.5 Å². The Morgan fingerprint density at radius 2 is 1.88 bits per heavy atom. The van der Waals surface area contributed by atoms with Crippen LogP contribution < -0.4 is 15.4 Å². The predicted molar refractivity (Wildman–Crippen MR) is 134 cm³/mol. The summed E-state index contributed by atoms with van der Waals surface area (Å²) in [4.78, 5) is 26.4. The van der Waals surface area contributed by atoms with E-state index in [1.54, 1.807) is 0 Å². The quantitative estimate of drug-likeness (QED) is 0.337. The minimum atomic E-state index is -0.0389. The first-order valence-electron chi connectivity index (χ1n) is 11.3. The van der Waals surface area contributed by atoms with Gasteiger partial charge in [-0.3, -0.25) is 4.79 Å². The number of amides is 1. The number of nitrogens with one attached hydrogen (secondary N) is 3. The van der Waals surface area contributed by atoms with Crippen molar-refractivity contribution in [2.45, 2.75) is 18.9 Å². The number of hydrogen-bond donors (Lipinski definition) is 3. The Balaban J connectivity index is 1.31. The SMILES string of the molecule is C=CC(=O)N1CCCC(Nc2nc(Nc3ccc(Oc4ccccc4)cc3)nc3[nH]ccc23)C1. The van der Waals surface area contributed by atoms with Crippen molar-refractivity contribution < 1.29 is 9.53 Å². The van der Waals surface area contributed by atoms with Crippen LogP contribution in [0.2, 0.25) is 0 Å². The summed E-state index contributed by atoms with van der Waals surface area (Å²) in [7, 11) is 0.